The van der Waals surface area contributed by atoms with Crippen LogP contribution in [0.2, 0.25) is 0 Å². The Hall–Kier alpha value is -2.09. The van der Waals surface area contributed by atoms with Crippen molar-refractivity contribution in [2.24, 2.45) is 0 Å². The van der Waals surface area contributed by atoms with Gasteiger partial charge in [0.15, 0.2) is 12.6 Å². The van der Waals surface area contributed by atoms with Crippen molar-refractivity contribution in [3.63, 3.8) is 0 Å². The van der Waals surface area contributed by atoms with E-state index < -0.39 is 47.0 Å². The van der Waals surface area contributed by atoms with Gasteiger partial charge in [-0.25, -0.2) is 4.79 Å². The molecule has 2 aliphatic rings. The molecule has 4 rings (SSSR count). The van der Waals surface area contributed by atoms with E-state index >= 15 is 0 Å². The van der Waals surface area contributed by atoms with Crippen molar-refractivity contribution in [1.29, 1.82) is 0 Å². The van der Waals surface area contributed by atoms with Crippen molar-refractivity contribution in [1.82, 2.24) is 5.32 Å². The maximum Gasteiger partial charge on any atom is 0.343 e. The van der Waals surface area contributed by atoms with Crippen LogP contribution < -0.4 is 5.32 Å². The molecule has 7 atom stereocenters. The monoisotopic (exact) mass is 583 g/mol. The summed E-state index contributed by atoms with van der Waals surface area (Å²) in [5.41, 5.74) is 1.73. The summed E-state index contributed by atoms with van der Waals surface area (Å²) in [6.07, 6.45) is -3.75. The first kappa shape index (κ1) is 25.0. The molecule has 0 aliphatic carbocycles. The first-order valence-electron chi connectivity index (χ1n) is 10.8. The molecule has 2 heterocycles. The van der Waals surface area contributed by atoms with Crippen molar-refractivity contribution < 1.29 is 38.4 Å². The zero-order chi connectivity index (χ0) is 24.1. The molecule has 0 bridgehead atoms. The van der Waals surface area contributed by atoms with E-state index in [1.807, 2.05) is 60.7 Å². The molecule has 0 aromatic heterocycles. The second kappa shape index (κ2) is 11.6. The number of benzene rings is 2. The molecule has 0 spiro atoms. The normalized spacial score (nSPS) is 29.6. The first-order chi connectivity index (χ1) is 16.4. The molecule has 2 aromatic rings. The molecule has 0 saturated carbocycles. The first-order valence-corrected chi connectivity index (χ1v) is 12.1. The van der Waals surface area contributed by atoms with Crippen LogP contribution in [0.1, 0.15) is 24.3 Å². The lowest BCUT2D eigenvalue weighted by Crippen LogP contribution is -2.67. The van der Waals surface area contributed by atoms with Crippen LogP contribution in [0.5, 0.6) is 0 Å². The summed E-state index contributed by atoms with van der Waals surface area (Å²) >= 11 is 1.69. The SMILES string of the molecule is CC(=O)NC1C(O[C@@H](I)C(=O)O)[C@@H]2OC(c3ccccc3)OCC2O[C@@H]1OCc1ccccc1. The van der Waals surface area contributed by atoms with Crippen molar-refractivity contribution in [3.8, 4) is 0 Å². The molecule has 0 radical (unpaired) electrons. The van der Waals surface area contributed by atoms with Crippen molar-refractivity contribution >= 4 is 34.5 Å². The molecule has 9 nitrogen and oxygen atoms in total. The Balaban J connectivity index is 1.59. The summed E-state index contributed by atoms with van der Waals surface area (Å²) in [6, 6.07) is 18.1. The van der Waals surface area contributed by atoms with Crippen LogP contribution in [0, 0.1) is 0 Å². The molecule has 2 fully saturated rings. The second-order valence-corrected chi connectivity index (χ2v) is 9.13. The zero-order valence-corrected chi connectivity index (χ0v) is 20.6. The minimum Gasteiger partial charge on any atom is -0.479 e. The number of carboxylic acids is 1. The fourth-order valence-electron chi connectivity index (χ4n) is 3.99. The fraction of sp³-hybridized carbons (Fsp3) is 0.417. The number of rotatable bonds is 8. The second-order valence-electron chi connectivity index (χ2n) is 8.00. The Labute approximate surface area is 210 Å². The maximum atomic E-state index is 12.1. The molecule has 4 unspecified atom stereocenters. The standard InChI is InChI=1S/C24H26INO8/c1-14(27)26-18-20(33-21(25)22(28)29)19-17(13-31-23(34-19)16-10-6-3-7-11-16)32-24(18)30-12-15-8-4-2-5-9-15/h2-11,17-21,23-24H,12-13H2,1H3,(H,26,27)(H,28,29)/t17?,18?,19-,20?,21-,23?,24+/m1/s1. The number of aliphatic carboxylic acids is 1. The number of halogens is 1. The van der Waals surface area contributed by atoms with E-state index in [0.717, 1.165) is 11.1 Å². The van der Waals surface area contributed by atoms with E-state index in [9.17, 15) is 14.7 Å². The number of carbonyl (C=O) groups is 2. The van der Waals surface area contributed by atoms with Gasteiger partial charge in [0.25, 0.3) is 0 Å². The highest BCUT2D eigenvalue weighted by Crippen LogP contribution is 2.36. The average molecular weight is 583 g/mol. The summed E-state index contributed by atoms with van der Waals surface area (Å²) in [5, 5.41) is 12.3. The van der Waals surface area contributed by atoms with Gasteiger partial charge in [0.2, 0.25) is 10.0 Å². The summed E-state index contributed by atoms with van der Waals surface area (Å²) in [6.45, 7) is 1.78. The highest BCUT2D eigenvalue weighted by Gasteiger charge is 2.52. The third kappa shape index (κ3) is 6.12. The van der Waals surface area contributed by atoms with Gasteiger partial charge < -0.3 is 34.1 Å². The number of hydrogen-bond donors (Lipinski definition) is 2. The summed E-state index contributed by atoms with van der Waals surface area (Å²) in [4.78, 5) is 23.7. The average Bonchev–Trinajstić information content (AvgIpc) is 2.84. The smallest absolute Gasteiger partial charge is 0.343 e. The summed E-state index contributed by atoms with van der Waals surface area (Å²) in [7, 11) is 0. The molecule has 2 N–H and O–H groups in total. The highest BCUT2D eigenvalue weighted by atomic mass is 127. The molecule has 2 aromatic carbocycles. The Morgan fingerprint density at radius 2 is 1.79 bits per heavy atom. The highest BCUT2D eigenvalue weighted by molar-refractivity contribution is 14.1. The van der Waals surface area contributed by atoms with E-state index in [4.69, 9.17) is 23.7 Å². The van der Waals surface area contributed by atoms with E-state index in [2.05, 4.69) is 5.32 Å². The molecule has 1 amide bonds. The number of ether oxygens (including phenoxy) is 5. The van der Waals surface area contributed by atoms with Crippen molar-refractivity contribution in [3.05, 3.63) is 71.8 Å². The minimum absolute atomic E-state index is 0.182. The molecule has 2 saturated heterocycles. The number of amides is 1. The molecule has 10 heteroatoms. The van der Waals surface area contributed by atoms with E-state index in [1.165, 1.54) is 6.92 Å². The summed E-state index contributed by atoms with van der Waals surface area (Å²) in [5.74, 6) is -1.47. The van der Waals surface area contributed by atoms with Crippen molar-refractivity contribution in [2.75, 3.05) is 6.61 Å². The number of carbonyl (C=O) groups excluding carboxylic acids is 1. The minimum atomic E-state index is -1.17. The predicted octanol–water partition coefficient (Wildman–Crippen LogP) is 2.78. The van der Waals surface area contributed by atoms with Gasteiger partial charge in [-0.1, -0.05) is 60.7 Å². The van der Waals surface area contributed by atoms with Crippen LogP contribution in [0.3, 0.4) is 0 Å². The third-order valence-electron chi connectivity index (χ3n) is 5.51. The molecular formula is C24H26INO8. The maximum absolute atomic E-state index is 12.1. The topological polar surface area (TPSA) is 113 Å². The zero-order valence-electron chi connectivity index (χ0n) is 18.4. The fourth-order valence-corrected chi connectivity index (χ4v) is 4.33. The van der Waals surface area contributed by atoms with Crippen LogP contribution in [-0.4, -0.2) is 58.3 Å². The molecular weight excluding hydrogens is 557 g/mol. The molecule has 2 aliphatic heterocycles. The van der Waals surface area contributed by atoms with Gasteiger partial charge in [-0.2, -0.15) is 0 Å². The van der Waals surface area contributed by atoms with Crippen LogP contribution >= 0.6 is 22.6 Å². The van der Waals surface area contributed by atoms with E-state index in [0.29, 0.717) is 0 Å². The number of nitrogens with one attached hydrogen (secondary N) is 1. The Kier molecular flexibility index (Phi) is 8.51. The van der Waals surface area contributed by atoms with Gasteiger partial charge >= 0.3 is 5.97 Å². The van der Waals surface area contributed by atoms with Gasteiger partial charge in [0.05, 0.1) is 13.2 Å². The number of carboxylic acid groups (broad SMARTS) is 1. The number of fused-ring (bicyclic) bond motifs is 1. The van der Waals surface area contributed by atoms with Gasteiger partial charge in [-0.3, -0.25) is 4.79 Å². The Bertz CT molecular complexity index is 962. The lowest BCUT2D eigenvalue weighted by atomic mass is 9.95. The Morgan fingerprint density at radius 3 is 2.44 bits per heavy atom. The van der Waals surface area contributed by atoms with Crippen LogP contribution in [0.15, 0.2) is 60.7 Å². The van der Waals surface area contributed by atoms with E-state index in [1.54, 1.807) is 22.6 Å². The van der Waals surface area contributed by atoms with E-state index in [-0.39, 0.29) is 19.1 Å². The van der Waals surface area contributed by atoms with Gasteiger partial charge in [0.1, 0.15) is 24.4 Å². The largest absolute Gasteiger partial charge is 0.479 e. The molecule has 182 valence electrons. The third-order valence-corrected chi connectivity index (χ3v) is 6.33. The quantitative estimate of drug-likeness (QED) is 0.361. The van der Waals surface area contributed by atoms with Gasteiger partial charge in [-0.05, 0) is 28.2 Å². The predicted molar refractivity (Wildman–Crippen MR) is 128 cm³/mol. The number of alkyl halides is 1. The van der Waals surface area contributed by atoms with Crippen LogP contribution in [0.25, 0.3) is 0 Å². The summed E-state index contributed by atoms with van der Waals surface area (Å²) < 4.78 is 29.1. The molecule has 34 heavy (non-hydrogen) atoms. The van der Waals surface area contributed by atoms with Crippen molar-refractivity contribution in [2.45, 2.75) is 54.6 Å². The van der Waals surface area contributed by atoms with Crippen LogP contribution in [0.4, 0.5) is 0 Å². The lowest BCUT2D eigenvalue weighted by Gasteiger charge is -2.49. The van der Waals surface area contributed by atoms with Gasteiger partial charge in [-0.15, -0.1) is 0 Å². The lowest BCUT2D eigenvalue weighted by molar-refractivity contribution is -0.349. The number of hydrogen-bond acceptors (Lipinski definition) is 7. The van der Waals surface area contributed by atoms with Gasteiger partial charge in [0, 0.05) is 12.5 Å². The Morgan fingerprint density at radius 1 is 1.12 bits per heavy atom. The van der Waals surface area contributed by atoms with Crippen LogP contribution in [-0.2, 0) is 39.9 Å².